The first-order valence-corrected chi connectivity index (χ1v) is 6.83. The van der Waals surface area contributed by atoms with Crippen molar-refractivity contribution in [1.82, 2.24) is 0 Å². The Balaban J connectivity index is 2.07. The summed E-state index contributed by atoms with van der Waals surface area (Å²) in [7, 11) is 0. The van der Waals surface area contributed by atoms with Crippen LogP contribution in [0.25, 0.3) is 10.8 Å². The summed E-state index contributed by atoms with van der Waals surface area (Å²) in [6, 6.07) is 23.2. The van der Waals surface area contributed by atoms with E-state index in [0.717, 1.165) is 21.9 Å². The molecular weight excluding hydrogens is 258 g/mol. The van der Waals surface area contributed by atoms with E-state index >= 15 is 0 Å². The van der Waals surface area contributed by atoms with Crippen LogP contribution in [-0.2, 0) is 5.60 Å². The standard InChI is InChI=1S/C19H15NO/c1-19(21,17-9-6-14(13-20)7-10-17)18-11-8-15-4-2-3-5-16(15)12-18/h2-12,21H,1H3/t19-/m1/s1. The Morgan fingerprint density at radius 1 is 0.857 bits per heavy atom. The summed E-state index contributed by atoms with van der Waals surface area (Å²) in [5.41, 5.74) is 1.12. The second-order valence-electron chi connectivity index (χ2n) is 5.32. The van der Waals surface area contributed by atoms with Crippen molar-refractivity contribution in [3.05, 3.63) is 83.4 Å². The van der Waals surface area contributed by atoms with Gasteiger partial charge < -0.3 is 5.11 Å². The summed E-state index contributed by atoms with van der Waals surface area (Å²) in [5, 5.41) is 22.0. The van der Waals surface area contributed by atoms with Crippen LogP contribution in [-0.4, -0.2) is 5.11 Å². The number of benzene rings is 3. The Bertz CT molecular complexity index is 826. The summed E-state index contributed by atoms with van der Waals surface area (Å²) in [6.07, 6.45) is 0. The molecule has 0 aliphatic heterocycles. The highest BCUT2D eigenvalue weighted by molar-refractivity contribution is 5.83. The van der Waals surface area contributed by atoms with Crippen LogP contribution in [0.15, 0.2) is 66.7 Å². The van der Waals surface area contributed by atoms with Crippen LogP contribution >= 0.6 is 0 Å². The number of hydrogen-bond donors (Lipinski definition) is 1. The third-order valence-electron chi connectivity index (χ3n) is 3.89. The fourth-order valence-corrected chi connectivity index (χ4v) is 2.53. The minimum Gasteiger partial charge on any atom is -0.381 e. The van der Waals surface area contributed by atoms with Gasteiger partial charge in [-0.3, -0.25) is 0 Å². The van der Waals surface area contributed by atoms with Gasteiger partial charge in [0.2, 0.25) is 0 Å². The molecular formula is C19H15NO. The molecule has 0 radical (unpaired) electrons. The van der Waals surface area contributed by atoms with Gasteiger partial charge in [-0.15, -0.1) is 0 Å². The zero-order valence-electron chi connectivity index (χ0n) is 11.7. The zero-order valence-corrected chi connectivity index (χ0v) is 11.7. The Morgan fingerprint density at radius 3 is 2.14 bits per heavy atom. The number of rotatable bonds is 2. The van der Waals surface area contributed by atoms with Gasteiger partial charge in [-0.2, -0.15) is 5.26 Å². The molecule has 0 unspecified atom stereocenters. The lowest BCUT2D eigenvalue weighted by Gasteiger charge is -2.25. The fraction of sp³-hybridized carbons (Fsp3) is 0.105. The normalized spacial score (nSPS) is 13.6. The lowest BCUT2D eigenvalue weighted by atomic mass is 9.87. The monoisotopic (exact) mass is 273 g/mol. The molecule has 102 valence electrons. The summed E-state index contributed by atoms with van der Waals surface area (Å²) in [5.74, 6) is 0. The van der Waals surface area contributed by atoms with Crippen molar-refractivity contribution in [1.29, 1.82) is 5.26 Å². The highest BCUT2D eigenvalue weighted by atomic mass is 16.3. The SMILES string of the molecule is C[C@@](O)(c1ccc(C#N)cc1)c1ccc2ccccc2c1. The van der Waals surface area contributed by atoms with Crippen molar-refractivity contribution < 1.29 is 5.11 Å². The molecule has 21 heavy (non-hydrogen) atoms. The van der Waals surface area contributed by atoms with E-state index in [4.69, 9.17) is 5.26 Å². The number of nitrogens with zero attached hydrogens (tertiary/aromatic N) is 1. The van der Waals surface area contributed by atoms with E-state index in [1.165, 1.54) is 0 Å². The quantitative estimate of drug-likeness (QED) is 0.768. The molecule has 0 saturated heterocycles. The molecule has 2 heteroatoms. The molecule has 0 aromatic heterocycles. The third-order valence-corrected chi connectivity index (χ3v) is 3.89. The van der Waals surface area contributed by atoms with Gasteiger partial charge in [0.05, 0.1) is 11.6 Å². The van der Waals surface area contributed by atoms with Gasteiger partial charge in [-0.25, -0.2) is 0 Å². The Hall–Kier alpha value is -2.63. The van der Waals surface area contributed by atoms with E-state index in [1.54, 1.807) is 31.2 Å². The van der Waals surface area contributed by atoms with E-state index < -0.39 is 5.60 Å². The van der Waals surface area contributed by atoms with Crippen molar-refractivity contribution in [3.8, 4) is 6.07 Å². The first kappa shape index (κ1) is 13.4. The maximum atomic E-state index is 10.9. The molecule has 0 saturated carbocycles. The lowest BCUT2D eigenvalue weighted by molar-refractivity contribution is 0.102. The van der Waals surface area contributed by atoms with Crippen LogP contribution < -0.4 is 0 Å². The molecule has 0 fully saturated rings. The molecule has 0 aliphatic carbocycles. The van der Waals surface area contributed by atoms with Crippen LogP contribution in [0.4, 0.5) is 0 Å². The van der Waals surface area contributed by atoms with Crippen molar-refractivity contribution in [2.45, 2.75) is 12.5 Å². The molecule has 2 nitrogen and oxygen atoms in total. The summed E-state index contributed by atoms with van der Waals surface area (Å²) in [4.78, 5) is 0. The second kappa shape index (κ2) is 5.05. The average molecular weight is 273 g/mol. The molecule has 1 atom stereocenters. The Kier molecular flexibility index (Phi) is 3.21. The third kappa shape index (κ3) is 2.40. The first-order chi connectivity index (χ1) is 10.1. The van der Waals surface area contributed by atoms with Crippen LogP contribution in [0.5, 0.6) is 0 Å². The second-order valence-corrected chi connectivity index (χ2v) is 5.32. The molecule has 0 bridgehead atoms. The topological polar surface area (TPSA) is 44.0 Å². The van der Waals surface area contributed by atoms with Gasteiger partial charge in [-0.1, -0.05) is 48.5 Å². The van der Waals surface area contributed by atoms with E-state index in [2.05, 4.69) is 12.1 Å². The van der Waals surface area contributed by atoms with Gasteiger partial charge in [0.25, 0.3) is 0 Å². The molecule has 0 aliphatic rings. The van der Waals surface area contributed by atoms with Crippen molar-refractivity contribution in [2.24, 2.45) is 0 Å². The molecule has 0 heterocycles. The molecule has 3 aromatic carbocycles. The summed E-state index contributed by atoms with van der Waals surface area (Å²) in [6.45, 7) is 1.78. The first-order valence-electron chi connectivity index (χ1n) is 6.83. The molecule has 1 N–H and O–H groups in total. The predicted octanol–water partition coefficient (Wildman–Crippen LogP) is 3.97. The summed E-state index contributed by atoms with van der Waals surface area (Å²) < 4.78 is 0. The zero-order chi connectivity index (χ0) is 14.9. The maximum Gasteiger partial charge on any atom is 0.112 e. The molecule has 0 amide bonds. The smallest absolute Gasteiger partial charge is 0.112 e. The molecule has 3 aromatic rings. The van der Waals surface area contributed by atoms with Gasteiger partial charge in [0.1, 0.15) is 5.60 Å². The predicted molar refractivity (Wildman–Crippen MR) is 83.8 cm³/mol. The van der Waals surface area contributed by atoms with Crippen molar-refractivity contribution in [2.75, 3.05) is 0 Å². The largest absolute Gasteiger partial charge is 0.381 e. The average Bonchev–Trinajstić information content (AvgIpc) is 2.54. The molecule has 3 rings (SSSR count). The highest BCUT2D eigenvalue weighted by Crippen LogP contribution is 2.31. The highest BCUT2D eigenvalue weighted by Gasteiger charge is 2.25. The van der Waals surface area contributed by atoms with E-state index in [-0.39, 0.29) is 0 Å². The van der Waals surface area contributed by atoms with Crippen LogP contribution in [0, 0.1) is 11.3 Å². The van der Waals surface area contributed by atoms with Crippen LogP contribution in [0.1, 0.15) is 23.6 Å². The van der Waals surface area contributed by atoms with E-state index in [0.29, 0.717) is 5.56 Å². The van der Waals surface area contributed by atoms with Gasteiger partial charge in [-0.05, 0) is 47.0 Å². The maximum absolute atomic E-state index is 10.9. The number of nitriles is 1. The summed E-state index contributed by atoms with van der Waals surface area (Å²) >= 11 is 0. The number of aliphatic hydroxyl groups is 1. The fourth-order valence-electron chi connectivity index (χ4n) is 2.53. The van der Waals surface area contributed by atoms with E-state index in [1.807, 2.05) is 36.4 Å². The van der Waals surface area contributed by atoms with Crippen LogP contribution in [0.3, 0.4) is 0 Å². The van der Waals surface area contributed by atoms with E-state index in [9.17, 15) is 5.11 Å². The number of hydrogen-bond acceptors (Lipinski definition) is 2. The van der Waals surface area contributed by atoms with Crippen molar-refractivity contribution >= 4 is 10.8 Å². The van der Waals surface area contributed by atoms with Crippen molar-refractivity contribution in [3.63, 3.8) is 0 Å². The lowest BCUT2D eigenvalue weighted by Crippen LogP contribution is -2.22. The van der Waals surface area contributed by atoms with Gasteiger partial charge >= 0.3 is 0 Å². The Morgan fingerprint density at radius 2 is 1.48 bits per heavy atom. The molecule has 0 spiro atoms. The minimum absolute atomic E-state index is 0.591. The van der Waals surface area contributed by atoms with Crippen LogP contribution in [0.2, 0.25) is 0 Å². The van der Waals surface area contributed by atoms with Gasteiger partial charge in [0.15, 0.2) is 0 Å². The minimum atomic E-state index is -1.09. The number of fused-ring (bicyclic) bond motifs is 1. The Labute approximate surface area is 123 Å². The van der Waals surface area contributed by atoms with Gasteiger partial charge in [0, 0.05) is 0 Å².